The standard InChI is InChI=1S/C11H22N2O2S2/c1-9-8-13(5-6-16-9)17(14,15)10(2)7-12-11-3-4-11/h9-12H,3-8H2,1-2H3. The molecular formula is C11H22N2O2S2. The summed E-state index contributed by atoms with van der Waals surface area (Å²) in [5, 5.41) is 3.41. The van der Waals surface area contributed by atoms with E-state index in [2.05, 4.69) is 12.2 Å². The van der Waals surface area contributed by atoms with E-state index in [9.17, 15) is 8.42 Å². The van der Waals surface area contributed by atoms with E-state index >= 15 is 0 Å². The van der Waals surface area contributed by atoms with Crippen LogP contribution in [0.5, 0.6) is 0 Å². The molecule has 100 valence electrons. The van der Waals surface area contributed by atoms with Gasteiger partial charge in [0.2, 0.25) is 10.0 Å². The van der Waals surface area contributed by atoms with Crippen LogP contribution in [0.4, 0.5) is 0 Å². The molecule has 1 saturated carbocycles. The van der Waals surface area contributed by atoms with E-state index in [1.807, 2.05) is 18.7 Å². The van der Waals surface area contributed by atoms with E-state index in [0.717, 1.165) is 5.75 Å². The molecule has 0 radical (unpaired) electrons. The molecule has 1 saturated heterocycles. The Hall–Kier alpha value is 0.220. The van der Waals surface area contributed by atoms with Gasteiger partial charge in [-0.1, -0.05) is 6.92 Å². The molecule has 0 aromatic heterocycles. The number of thioether (sulfide) groups is 1. The van der Waals surface area contributed by atoms with E-state index in [4.69, 9.17) is 0 Å². The maximum atomic E-state index is 12.3. The predicted molar refractivity (Wildman–Crippen MR) is 72.9 cm³/mol. The highest BCUT2D eigenvalue weighted by molar-refractivity contribution is 8.00. The van der Waals surface area contributed by atoms with Gasteiger partial charge in [-0.2, -0.15) is 16.1 Å². The van der Waals surface area contributed by atoms with Gasteiger partial charge in [-0.25, -0.2) is 8.42 Å². The van der Waals surface area contributed by atoms with Crippen molar-refractivity contribution in [3.05, 3.63) is 0 Å². The van der Waals surface area contributed by atoms with Crippen molar-refractivity contribution in [2.45, 2.75) is 43.2 Å². The molecule has 1 heterocycles. The lowest BCUT2D eigenvalue weighted by atomic mass is 10.4. The molecular weight excluding hydrogens is 256 g/mol. The van der Waals surface area contributed by atoms with Crippen LogP contribution >= 0.6 is 11.8 Å². The smallest absolute Gasteiger partial charge is 0.218 e. The molecule has 0 spiro atoms. The summed E-state index contributed by atoms with van der Waals surface area (Å²) >= 11 is 1.86. The maximum Gasteiger partial charge on any atom is 0.218 e. The Morgan fingerprint density at radius 1 is 1.47 bits per heavy atom. The van der Waals surface area contributed by atoms with Crippen LogP contribution in [0.3, 0.4) is 0 Å². The van der Waals surface area contributed by atoms with Gasteiger partial charge in [0.05, 0.1) is 5.25 Å². The lowest BCUT2D eigenvalue weighted by Gasteiger charge is -2.32. The predicted octanol–water partition coefficient (Wildman–Crippen LogP) is 0.894. The first-order chi connectivity index (χ1) is 8.00. The average Bonchev–Trinajstić information content (AvgIpc) is 3.09. The fourth-order valence-corrected chi connectivity index (χ4v) is 4.81. The minimum atomic E-state index is -3.11. The van der Waals surface area contributed by atoms with Gasteiger partial charge in [-0.05, 0) is 19.8 Å². The molecule has 17 heavy (non-hydrogen) atoms. The summed E-state index contributed by atoms with van der Waals surface area (Å²) in [6.45, 7) is 5.84. The van der Waals surface area contributed by atoms with Gasteiger partial charge in [-0.3, -0.25) is 0 Å². The third-order valence-electron chi connectivity index (χ3n) is 3.34. The van der Waals surface area contributed by atoms with Crippen LogP contribution in [0.1, 0.15) is 26.7 Å². The summed E-state index contributed by atoms with van der Waals surface area (Å²) < 4.78 is 26.4. The van der Waals surface area contributed by atoms with E-state index in [0.29, 0.717) is 30.9 Å². The summed E-state index contributed by atoms with van der Waals surface area (Å²) in [5.41, 5.74) is 0. The highest BCUT2D eigenvalue weighted by Crippen LogP contribution is 2.23. The van der Waals surface area contributed by atoms with E-state index in [1.165, 1.54) is 12.8 Å². The molecule has 2 fully saturated rings. The second-order valence-electron chi connectivity index (χ2n) is 5.08. The van der Waals surface area contributed by atoms with Gasteiger partial charge in [0.1, 0.15) is 0 Å². The first-order valence-electron chi connectivity index (χ1n) is 6.34. The lowest BCUT2D eigenvalue weighted by molar-refractivity contribution is 0.415. The van der Waals surface area contributed by atoms with Crippen LogP contribution in [-0.2, 0) is 10.0 Å². The quantitative estimate of drug-likeness (QED) is 0.811. The Balaban J connectivity index is 1.90. The van der Waals surface area contributed by atoms with E-state index in [-0.39, 0.29) is 5.25 Å². The van der Waals surface area contributed by atoms with Crippen molar-refractivity contribution in [3.63, 3.8) is 0 Å². The first kappa shape index (κ1) is 13.6. The second-order valence-corrected chi connectivity index (χ2v) is 8.97. The molecule has 0 aromatic rings. The summed E-state index contributed by atoms with van der Waals surface area (Å²) in [4.78, 5) is 0. The Labute approximate surface area is 109 Å². The molecule has 6 heteroatoms. The summed E-state index contributed by atoms with van der Waals surface area (Å²) in [5.74, 6) is 0.920. The van der Waals surface area contributed by atoms with Gasteiger partial charge in [0, 0.05) is 36.7 Å². The molecule has 0 aromatic carbocycles. The number of nitrogens with one attached hydrogen (secondary N) is 1. The molecule has 0 bridgehead atoms. The van der Waals surface area contributed by atoms with Crippen molar-refractivity contribution < 1.29 is 8.42 Å². The third kappa shape index (κ3) is 3.59. The molecule has 2 aliphatic rings. The fraction of sp³-hybridized carbons (Fsp3) is 1.00. The zero-order valence-electron chi connectivity index (χ0n) is 10.6. The topological polar surface area (TPSA) is 49.4 Å². The van der Waals surface area contributed by atoms with Crippen LogP contribution < -0.4 is 5.32 Å². The van der Waals surface area contributed by atoms with Crippen molar-refractivity contribution >= 4 is 21.8 Å². The minimum Gasteiger partial charge on any atom is -0.313 e. The van der Waals surface area contributed by atoms with Gasteiger partial charge in [-0.15, -0.1) is 0 Å². The number of hydrogen-bond donors (Lipinski definition) is 1. The molecule has 2 rings (SSSR count). The van der Waals surface area contributed by atoms with Crippen molar-refractivity contribution in [1.29, 1.82) is 0 Å². The van der Waals surface area contributed by atoms with Crippen molar-refractivity contribution in [3.8, 4) is 0 Å². The Morgan fingerprint density at radius 3 is 2.76 bits per heavy atom. The van der Waals surface area contributed by atoms with Gasteiger partial charge in [0.25, 0.3) is 0 Å². The van der Waals surface area contributed by atoms with Crippen molar-refractivity contribution in [2.75, 3.05) is 25.4 Å². The van der Waals surface area contributed by atoms with Crippen LogP contribution in [-0.4, -0.2) is 54.7 Å². The molecule has 4 nitrogen and oxygen atoms in total. The number of hydrogen-bond acceptors (Lipinski definition) is 4. The largest absolute Gasteiger partial charge is 0.313 e. The maximum absolute atomic E-state index is 12.3. The molecule has 2 atom stereocenters. The summed E-state index contributed by atoms with van der Waals surface area (Å²) in [6.07, 6.45) is 2.40. The first-order valence-corrected chi connectivity index (χ1v) is 8.89. The SMILES string of the molecule is CC1CN(S(=O)(=O)C(C)CNC2CC2)CCS1. The highest BCUT2D eigenvalue weighted by atomic mass is 32.2. The van der Waals surface area contributed by atoms with Crippen LogP contribution in [0.25, 0.3) is 0 Å². The number of nitrogens with zero attached hydrogens (tertiary/aromatic N) is 1. The summed E-state index contributed by atoms with van der Waals surface area (Å²) in [6, 6.07) is 0.573. The monoisotopic (exact) mass is 278 g/mol. The highest BCUT2D eigenvalue weighted by Gasteiger charge is 2.33. The minimum absolute atomic E-state index is 0.307. The normalized spacial score (nSPS) is 29.2. The van der Waals surface area contributed by atoms with Gasteiger partial charge in [0.15, 0.2) is 0 Å². The molecule has 1 aliphatic heterocycles. The van der Waals surface area contributed by atoms with Gasteiger partial charge >= 0.3 is 0 Å². The number of sulfonamides is 1. The molecule has 1 aliphatic carbocycles. The van der Waals surface area contributed by atoms with Crippen LogP contribution in [0, 0.1) is 0 Å². The van der Waals surface area contributed by atoms with Crippen molar-refractivity contribution in [2.24, 2.45) is 0 Å². The Bertz CT molecular complexity index is 354. The molecule has 0 amide bonds. The zero-order chi connectivity index (χ0) is 12.5. The fourth-order valence-electron chi connectivity index (χ4n) is 2.00. The second kappa shape index (κ2) is 5.47. The average molecular weight is 278 g/mol. The molecule has 2 unspecified atom stereocenters. The van der Waals surface area contributed by atoms with Gasteiger partial charge < -0.3 is 5.32 Å². The zero-order valence-corrected chi connectivity index (χ0v) is 12.2. The Kier molecular flexibility index (Phi) is 4.39. The summed E-state index contributed by atoms with van der Waals surface area (Å²) in [7, 11) is -3.11. The van der Waals surface area contributed by atoms with Crippen LogP contribution in [0.15, 0.2) is 0 Å². The van der Waals surface area contributed by atoms with Crippen LogP contribution in [0.2, 0.25) is 0 Å². The molecule has 1 N–H and O–H groups in total. The van der Waals surface area contributed by atoms with Crippen molar-refractivity contribution in [1.82, 2.24) is 9.62 Å². The third-order valence-corrected chi connectivity index (χ3v) is 6.71. The van der Waals surface area contributed by atoms with E-state index in [1.54, 1.807) is 4.31 Å². The van der Waals surface area contributed by atoms with E-state index < -0.39 is 10.0 Å². The lowest BCUT2D eigenvalue weighted by Crippen LogP contribution is -2.47. The Morgan fingerprint density at radius 2 is 2.18 bits per heavy atom. The number of rotatable bonds is 5.